The lowest BCUT2D eigenvalue weighted by atomic mass is 10.0. The zero-order valence-corrected chi connectivity index (χ0v) is 12.7. The number of hydrogen-bond acceptors (Lipinski definition) is 7. The number of aromatic nitrogens is 2. The number of hydrogen-bond donors (Lipinski definition) is 2. The van der Waals surface area contributed by atoms with Gasteiger partial charge in [0, 0.05) is 19.1 Å². The molecule has 1 aromatic rings. The molecule has 1 atom stereocenters. The summed E-state index contributed by atoms with van der Waals surface area (Å²) < 4.78 is 5.01. The number of ether oxygens (including phenoxy) is 1. The maximum atomic E-state index is 11.6. The normalized spacial score (nSPS) is 18.0. The van der Waals surface area contributed by atoms with Gasteiger partial charge in [-0.15, -0.1) is 10.2 Å². The first-order valence-corrected chi connectivity index (χ1v) is 7.68. The number of nitrogens with zero attached hydrogens (tertiary/aromatic N) is 3. The second kappa shape index (κ2) is 6.85. The standard InChI is InChI=1S/C12H21N5O2S/c1-3-19-12(18)17-6-4-9(5-7-17)14-8(2)10-15-16-11(13)20-10/h8-9,14H,3-7H2,1-2H3,(H2,13,16)/t8-/m1/s1. The molecule has 1 saturated heterocycles. The summed E-state index contributed by atoms with van der Waals surface area (Å²) in [6.07, 6.45) is 1.62. The van der Waals surface area contributed by atoms with E-state index in [0.29, 0.717) is 17.8 Å². The molecule has 0 aromatic carbocycles. The Labute approximate surface area is 122 Å². The van der Waals surface area contributed by atoms with Gasteiger partial charge in [-0.2, -0.15) is 0 Å². The fourth-order valence-electron chi connectivity index (χ4n) is 2.29. The highest BCUT2D eigenvalue weighted by Crippen LogP contribution is 2.21. The van der Waals surface area contributed by atoms with E-state index in [-0.39, 0.29) is 12.1 Å². The Hall–Kier alpha value is -1.41. The lowest BCUT2D eigenvalue weighted by Crippen LogP contribution is -2.45. The van der Waals surface area contributed by atoms with E-state index in [9.17, 15) is 4.79 Å². The van der Waals surface area contributed by atoms with Gasteiger partial charge in [0.05, 0.1) is 12.6 Å². The Morgan fingerprint density at radius 1 is 1.55 bits per heavy atom. The molecule has 2 heterocycles. The molecule has 0 spiro atoms. The van der Waals surface area contributed by atoms with Crippen molar-refractivity contribution < 1.29 is 9.53 Å². The van der Waals surface area contributed by atoms with E-state index in [4.69, 9.17) is 10.5 Å². The molecular formula is C12H21N5O2S. The predicted molar refractivity (Wildman–Crippen MR) is 77.5 cm³/mol. The molecule has 0 saturated carbocycles. The van der Waals surface area contributed by atoms with Crippen LogP contribution < -0.4 is 11.1 Å². The molecule has 0 bridgehead atoms. The number of amides is 1. The van der Waals surface area contributed by atoms with E-state index in [1.165, 1.54) is 11.3 Å². The van der Waals surface area contributed by atoms with Gasteiger partial charge < -0.3 is 20.7 Å². The topological polar surface area (TPSA) is 93.4 Å². The van der Waals surface area contributed by atoms with Gasteiger partial charge in [-0.1, -0.05) is 11.3 Å². The summed E-state index contributed by atoms with van der Waals surface area (Å²) in [5.41, 5.74) is 5.59. The molecule has 2 rings (SSSR count). The van der Waals surface area contributed by atoms with Crippen LogP contribution in [-0.4, -0.2) is 46.9 Å². The highest BCUT2D eigenvalue weighted by molar-refractivity contribution is 7.15. The molecule has 0 radical (unpaired) electrons. The molecule has 1 aliphatic heterocycles. The van der Waals surface area contributed by atoms with E-state index in [0.717, 1.165) is 30.9 Å². The Balaban J connectivity index is 1.78. The zero-order valence-electron chi connectivity index (χ0n) is 11.8. The van der Waals surface area contributed by atoms with Crippen LogP contribution in [0.2, 0.25) is 0 Å². The number of piperidine rings is 1. The van der Waals surface area contributed by atoms with Crippen LogP contribution >= 0.6 is 11.3 Å². The molecule has 3 N–H and O–H groups in total. The average molecular weight is 299 g/mol. The maximum absolute atomic E-state index is 11.6. The van der Waals surface area contributed by atoms with Crippen molar-refractivity contribution in [2.75, 3.05) is 25.4 Å². The van der Waals surface area contributed by atoms with Gasteiger partial charge in [0.1, 0.15) is 5.01 Å². The SMILES string of the molecule is CCOC(=O)N1CCC(N[C@H](C)c2nnc(N)s2)CC1. The van der Waals surface area contributed by atoms with Crippen LogP contribution in [0.1, 0.15) is 37.7 Å². The van der Waals surface area contributed by atoms with Gasteiger partial charge in [0.25, 0.3) is 0 Å². The van der Waals surface area contributed by atoms with Crippen LogP contribution in [0.3, 0.4) is 0 Å². The molecule has 7 nitrogen and oxygen atoms in total. The minimum atomic E-state index is -0.212. The smallest absolute Gasteiger partial charge is 0.409 e. The highest BCUT2D eigenvalue weighted by atomic mass is 32.1. The minimum absolute atomic E-state index is 0.129. The molecule has 1 aliphatic rings. The minimum Gasteiger partial charge on any atom is -0.450 e. The van der Waals surface area contributed by atoms with Crippen molar-refractivity contribution in [2.24, 2.45) is 0 Å². The largest absolute Gasteiger partial charge is 0.450 e. The lowest BCUT2D eigenvalue weighted by molar-refractivity contribution is 0.0943. The Morgan fingerprint density at radius 3 is 2.80 bits per heavy atom. The average Bonchev–Trinajstić information content (AvgIpc) is 2.86. The summed E-state index contributed by atoms with van der Waals surface area (Å²) >= 11 is 1.40. The molecule has 8 heteroatoms. The fraction of sp³-hybridized carbons (Fsp3) is 0.750. The first-order chi connectivity index (χ1) is 9.60. The number of likely N-dealkylation sites (tertiary alicyclic amines) is 1. The molecule has 1 amide bonds. The third-order valence-electron chi connectivity index (χ3n) is 3.33. The lowest BCUT2D eigenvalue weighted by Gasteiger charge is -2.32. The summed E-state index contributed by atoms with van der Waals surface area (Å²) in [7, 11) is 0. The Morgan fingerprint density at radius 2 is 2.25 bits per heavy atom. The highest BCUT2D eigenvalue weighted by Gasteiger charge is 2.25. The van der Waals surface area contributed by atoms with Crippen molar-refractivity contribution >= 4 is 22.6 Å². The molecule has 20 heavy (non-hydrogen) atoms. The Kier molecular flexibility index (Phi) is 5.13. The van der Waals surface area contributed by atoms with Gasteiger partial charge in [0.2, 0.25) is 5.13 Å². The monoisotopic (exact) mass is 299 g/mol. The number of anilines is 1. The van der Waals surface area contributed by atoms with E-state index in [2.05, 4.69) is 22.4 Å². The van der Waals surface area contributed by atoms with E-state index >= 15 is 0 Å². The van der Waals surface area contributed by atoms with Gasteiger partial charge in [0.15, 0.2) is 0 Å². The molecule has 1 fully saturated rings. The summed E-state index contributed by atoms with van der Waals surface area (Å²) in [6, 6.07) is 0.504. The first-order valence-electron chi connectivity index (χ1n) is 6.86. The predicted octanol–water partition coefficient (Wildman–Crippen LogP) is 1.39. The zero-order chi connectivity index (χ0) is 14.5. The third-order valence-corrected chi connectivity index (χ3v) is 4.27. The first kappa shape index (κ1) is 15.0. The van der Waals surface area contributed by atoms with Crippen molar-refractivity contribution in [3.05, 3.63) is 5.01 Å². The van der Waals surface area contributed by atoms with Crippen molar-refractivity contribution in [3.63, 3.8) is 0 Å². The molecule has 0 unspecified atom stereocenters. The van der Waals surface area contributed by atoms with Gasteiger partial charge >= 0.3 is 6.09 Å². The van der Waals surface area contributed by atoms with Gasteiger partial charge in [-0.05, 0) is 26.7 Å². The van der Waals surface area contributed by atoms with Crippen LogP contribution in [0.15, 0.2) is 0 Å². The third kappa shape index (κ3) is 3.80. The number of nitrogen functional groups attached to an aromatic ring is 1. The number of carbonyl (C=O) groups is 1. The van der Waals surface area contributed by atoms with Crippen molar-refractivity contribution in [1.29, 1.82) is 0 Å². The number of nitrogens with one attached hydrogen (secondary N) is 1. The molecule has 1 aromatic heterocycles. The number of nitrogens with two attached hydrogens (primary N) is 1. The van der Waals surface area contributed by atoms with Crippen molar-refractivity contribution in [3.8, 4) is 0 Å². The van der Waals surface area contributed by atoms with Crippen molar-refractivity contribution in [1.82, 2.24) is 20.4 Å². The van der Waals surface area contributed by atoms with E-state index in [1.54, 1.807) is 4.90 Å². The van der Waals surface area contributed by atoms with Crippen LogP contribution in [0.5, 0.6) is 0 Å². The number of rotatable bonds is 4. The van der Waals surface area contributed by atoms with Crippen LogP contribution in [-0.2, 0) is 4.74 Å². The second-order valence-corrected chi connectivity index (χ2v) is 5.87. The van der Waals surface area contributed by atoms with Crippen molar-refractivity contribution in [2.45, 2.75) is 38.8 Å². The molecule has 112 valence electrons. The van der Waals surface area contributed by atoms with E-state index in [1.807, 2.05) is 6.92 Å². The molecular weight excluding hydrogens is 278 g/mol. The Bertz CT molecular complexity index is 445. The van der Waals surface area contributed by atoms with Crippen LogP contribution in [0, 0.1) is 0 Å². The summed E-state index contributed by atoms with van der Waals surface area (Å²) in [4.78, 5) is 13.4. The summed E-state index contributed by atoms with van der Waals surface area (Å²) in [6.45, 7) is 5.74. The summed E-state index contributed by atoms with van der Waals surface area (Å²) in [5, 5.41) is 12.8. The van der Waals surface area contributed by atoms with Gasteiger partial charge in [-0.3, -0.25) is 0 Å². The number of carbonyl (C=O) groups excluding carboxylic acids is 1. The maximum Gasteiger partial charge on any atom is 0.409 e. The second-order valence-electron chi connectivity index (χ2n) is 4.83. The van der Waals surface area contributed by atoms with E-state index < -0.39 is 0 Å². The van der Waals surface area contributed by atoms with Crippen LogP contribution in [0.4, 0.5) is 9.93 Å². The fourth-order valence-corrected chi connectivity index (χ4v) is 2.91. The quantitative estimate of drug-likeness (QED) is 0.872. The summed E-state index contributed by atoms with van der Waals surface area (Å²) in [5.74, 6) is 0. The molecule has 0 aliphatic carbocycles. The van der Waals surface area contributed by atoms with Gasteiger partial charge in [-0.25, -0.2) is 4.79 Å². The van der Waals surface area contributed by atoms with Crippen LogP contribution in [0.25, 0.3) is 0 Å².